The predicted octanol–water partition coefficient (Wildman–Crippen LogP) is 0.462. The molecule has 96 valence electrons. The van der Waals surface area contributed by atoms with Gasteiger partial charge in [-0.1, -0.05) is 13.3 Å². The maximum Gasteiger partial charge on any atom is 0.304 e. The largest absolute Gasteiger partial charge is 0.481 e. The van der Waals surface area contributed by atoms with E-state index in [1.54, 1.807) is 13.8 Å². The highest BCUT2D eigenvalue weighted by Crippen LogP contribution is 2.03. The number of carboxylic acids is 1. The van der Waals surface area contributed by atoms with Crippen LogP contribution in [-0.2, 0) is 15.0 Å². The smallest absolute Gasteiger partial charge is 0.304 e. The van der Waals surface area contributed by atoms with Gasteiger partial charge in [-0.2, -0.15) is 17.9 Å². The fourth-order valence-electron chi connectivity index (χ4n) is 1.33. The summed E-state index contributed by atoms with van der Waals surface area (Å²) in [5.41, 5.74) is 0. The Hall–Kier alpha value is -0.660. The zero-order valence-corrected chi connectivity index (χ0v) is 10.7. The van der Waals surface area contributed by atoms with Crippen LogP contribution >= 0.6 is 0 Å². The van der Waals surface area contributed by atoms with Gasteiger partial charge in [0, 0.05) is 12.1 Å². The van der Waals surface area contributed by atoms with E-state index in [1.807, 2.05) is 6.92 Å². The molecule has 16 heavy (non-hydrogen) atoms. The first-order chi connectivity index (χ1) is 7.26. The molecule has 0 aliphatic rings. The van der Waals surface area contributed by atoms with Crippen molar-refractivity contribution in [3.63, 3.8) is 0 Å². The van der Waals surface area contributed by atoms with Crippen LogP contribution in [0.15, 0.2) is 0 Å². The van der Waals surface area contributed by atoms with E-state index >= 15 is 0 Å². The lowest BCUT2D eigenvalue weighted by Gasteiger charge is -2.17. The summed E-state index contributed by atoms with van der Waals surface area (Å²) in [6.45, 7) is 5.27. The van der Waals surface area contributed by atoms with Crippen molar-refractivity contribution in [3.8, 4) is 0 Å². The van der Waals surface area contributed by atoms with E-state index in [2.05, 4.69) is 9.44 Å². The molecule has 0 saturated carbocycles. The van der Waals surface area contributed by atoms with Gasteiger partial charge in [-0.25, -0.2) is 0 Å². The molecule has 1 atom stereocenters. The third-order valence-electron chi connectivity index (χ3n) is 1.77. The van der Waals surface area contributed by atoms with Crippen molar-refractivity contribution in [1.82, 2.24) is 9.44 Å². The highest BCUT2D eigenvalue weighted by atomic mass is 32.2. The van der Waals surface area contributed by atoms with Crippen LogP contribution < -0.4 is 9.44 Å². The highest BCUT2D eigenvalue weighted by Gasteiger charge is 2.19. The van der Waals surface area contributed by atoms with Gasteiger partial charge in [0.2, 0.25) is 0 Å². The van der Waals surface area contributed by atoms with Gasteiger partial charge in [0.25, 0.3) is 10.2 Å². The first-order valence-corrected chi connectivity index (χ1v) is 6.76. The van der Waals surface area contributed by atoms with Crippen molar-refractivity contribution in [1.29, 1.82) is 0 Å². The molecular formula is C9H20N2O4S. The molecule has 7 heteroatoms. The van der Waals surface area contributed by atoms with Crippen molar-refractivity contribution < 1.29 is 18.3 Å². The number of nitrogens with one attached hydrogen (secondary N) is 2. The molecule has 0 aromatic carbocycles. The fraction of sp³-hybridized carbons (Fsp3) is 0.889. The number of rotatable bonds is 8. The van der Waals surface area contributed by atoms with Crippen LogP contribution in [0.5, 0.6) is 0 Å². The molecule has 0 amide bonds. The summed E-state index contributed by atoms with van der Waals surface area (Å²) in [4.78, 5) is 10.5. The average Bonchev–Trinajstić information content (AvgIpc) is 1.98. The number of carbonyl (C=O) groups is 1. The van der Waals surface area contributed by atoms with Gasteiger partial charge in [0.15, 0.2) is 0 Å². The molecule has 0 spiro atoms. The minimum Gasteiger partial charge on any atom is -0.481 e. The zero-order valence-electron chi connectivity index (χ0n) is 9.86. The molecule has 3 N–H and O–H groups in total. The van der Waals surface area contributed by atoms with Crippen LogP contribution in [0, 0.1) is 0 Å². The fourth-order valence-corrected chi connectivity index (χ4v) is 2.65. The Morgan fingerprint density at radius 3 is 2.25 bits per heavy atom. The number of carboxylic acid groups (broad SMARTS) is 1. The van der Waals surface area contributed by atoms with Crippen molar-refractivity contribution in [2.45, 2.75) is 52.1 Å². The standard InChI is InChI=1S/C9H20N2O4S/c1-4-5-8(6-9(12)13)11-16(14,15)10-7(2)3/h7-8,10-11H,4-6H2,1-3H3,(H,12,13). The van der Waals surface area contributed by atoms with E-state index in [0.29, 0.717) is 6.42 Å². The van der Waals surface area contributed by atoms with Crippen LogP contribution in [0.1, 0.15) is 40.0 Å². The Kier molecular flexibility index (Phi) is 6.54. The molecule has 0 bridgehead atoms. The summed E-state index contributed by atoms with van der Waals surface area (Å²) < 4.78 is 27.7. The van der Waals surface area contributed by atoms with Gasteiger partial charge in [-0.05, 0) is 20.3 Å². The molecule has 0 aliphatic heterocycles. The van der Waals surface area contributed by atoms with Gasteiger partial charge in [-0.3, -0.25) is 4.79 Å². The SMILES string of the molecule is CCCC(CC(=O)O)NS(=O)(=O)NC(C)C. The van der Waals surface area contributed by atoms with Crippen LogP contribution in [-0.4, -0.2) is 31.6 Å². The zero-order chi connectivity index (χ0) is 12.8. The Bertz CT molecular complexity index is 313. The Balaban J connectivity index is 4.42. The van der Waals surface area contributed by atoms with Crippen LogP contribution in [0.4, 0.5) is 0 Å². The summed E-state index contributed by atoms with van der Waals surface area (Å²) in [6, 6.07) is -0.775. The monoisotopic (exact) mass is 252 g/mol. The third kappa shape index (κ3) is 7.61. The predicted molar refractivity (Wildman–Crippen MR) is 61.3 cm³/mol. The summed E-state index contributed by atoms with van der Waals surface area (Å²) in [6.07, 6.45) is 1.03. The first kappa shape index (κ1) is 15.3. The van der Waals surface area contributed by atoms with Gasteiger partial charge >= 0.3 is 5.97 Å². The highest BCUT2D eigenvalue weighted by molar-refractivity contribution is 7.87. The molecule has 1 unspecified atom stereocenters. The first-order valence-electron chi connectivity index (χ1n) is 5.28. The summed E-state index contributed by atoms with van der Waals surface area (Å²) in [7, 11) is -3.61. The lowest BCUT2D eigenvalue weighted by atomic mass is 10.1. The Morgan fingerprint density at radius 2 is 1.88 bits per heavy atom. The van der Waals surface area contributed by atoms with E-state index in [1.165, 1.54) is 0 Å². The molecule has 0 aliphatic carbocycles. The molecule has 0 saturated heterocycles. The lowest BCUT2D eigenvalue weighted by molar-refractivity contribution is -0.137. The molecule has 0 heterocycles. The van der Waals surface area contributed by atoms with Crippen molar-refractivity contribution in [2.75, 3.05) is 0 Å². The van der Waals surface area contributed by atoms with E-state index in [-0.39, 0.29) is 12.5 Å². The second kappa shape index (κ2) is 6.82. The lowest BCUT2D eigenvalue weighted by Crippen LogP contribution is -2.45. The topological polar surface area (TPSA) is 95.5 Å². The quantitative estimate of drug-likeness (QED) is 0.585. The van der Waals surface area contributed by atoms with E-state index < -0.39 is 22.2 Å². The Labute approximate surface area is 96.6 Å². The second-order valence-electron chi connectivity index (χ2n) is 3.98. The van der Waals surface area contributed by atoms with Crippen LogP contribution in [0.3, 0.4) is 0 Å². The van der Waals surface area contributed by atoms with E-state index in [4.69, 9.17) is 5.11 Å². The maximum absolute atomic E-state index is 11.5. The van der Waals surface area contributed by atoms with Crippen molar-refractivity contribution in [2.24, 2.45) is 0 Å². The maximum atomic E-state index is 11.5. The van der Waals surface area contributed by atoms with E-state index in [0.717, 1.165) is 6.42 Å². The minimum absolute atomic E-state index is 0.202. The van der Waals surface area contributed by atoms with Gasteiger partial charge in [-0.15, -0.1) is 0 Å². The van der Waals surface area contributed by atoms with Crippen LogP contribution in [0.2, 0.25) is 0 Å². The Morgan fingerprint density at radius 1 is 1.31 bits per heavy atom. The molecule has 0 aromatic rings. The normalized spacial score (nSPS) is 14.0. The van der Waals surface area contributed by atoms with E-state index in [9.17, 15) is 13.2 Å². The average molecular weight is 252 g/mol. The number of hydrogen-bond acceptors (Lipinski definition) is 3. The number of aliphatic carboxylic acids is 1. The summed E-state index contributed by atoms with van der Waals surface area (Å²) >= 11 is 0. The number of hydrogen-bond donors (Lipinski definition) is 3. The molecule has 0 fully saturated rings. The van der Waals surface area contributed by atoms with Gasteiger partial charge in [0.1, 0.15) is 0 Å². The summed E-state index contributed by atoms with van der Waals surface area (Å²) in [5.74, 6) is -1.01. The molecular weight excluding hydrogens is 232 g/mol. The molecule has 6 nitrogen and oxygen atoms in total. The third-order valence-corrected chi connectivity index (χ3v) is 3.20. The second-order valence-corrected chi connectivity index (χ2v) is 5.46. The molecule has 0 radical (unpaired) electrons. The van der Waals surface area contributed by atoms with Crippen molar-refractivity contribution in [3.05, 3.63) is 0 Å². The van der Waals surface area contributed by atoms with Crippen molar-refractivity contribution >= 4 is 16.2 Å². The van der Waals surface area contributed by atoms with Gasteiger partial charge < -0.3 is 5.11 Å². The molecule has 0 aromatic heterocycles. The minimum atomic E-state index is -3.61. The van der Waals surface area contributed by atoms with Gasteiger partial charge in [0.05, 0.1) is 6.42 Å². The van der Waals surface area contributed by atoms with Crippen LogP contribution in [0.25, 0.3) is 0 Å². The summed E-state index contributed by atoms with van der Waals surface area (Å²) in [5, 5.41) is 8.63. The molecule has 0 rings (SSSR count).